The summed E-state index contributed by atoms with van der Waals surface area (Å²) < 4.78 is 0. The van der Waals surface area contributed by atoms with Gasteiger partial charge in [0, 0.05) is 12.6 Å². The molecule has 4 unspecified atom stereocenters. The highest BCUT2D eigenvalue weighted by molar-refractivity contribution is 4.96. The fourth-order valence-corrected chi connectivity index (χ4v) is 4.21. The van der Waals surface area contributed by atoms with Gasteiger partial charge < -0.3 is 15.5 Å². The molecule has 0 spiro atoms. The zero-order chi connectivity index (χ0) is 21.8. The summed E-state index contributed by atoms with van der Waals surface area (Å²) in [5, 5.41) is 24.4. The molecule has 0 aliphatic rings. The molecule has 0 aliphatic heterocycles. The fourth-order valence-electron chi connectivity index (χ4n) is 4.21. The maximum absolute atomic E-state index is 11.3. The van der Waals surface area contributed by atoms with Crippen molar-refractivity contribution < 1.29 is 10.2 Å². The van der Waals surface area contributed by atoms with E-state index in [1.807, 2.05) is 0 Å². The summed E-state index contributed by atoms with van der Waals surface area (Å²) in [5.41, 5.74) is 0.0739. The Kier molecular flexibility index (Phi) is 9.54. The van der Waals surface area contributed by atoms with Gasteiger partial charge in [-0.1, -0.05) is 83.1 Å². The minimum atomic E-state index is -0.367. The first kappa shape index (κ1) is 26.9. The largest absolute Gasteiger partial charge is 0.396 e. The van der Waals surface area contributed by atoms with Crippen molar-refractivity contribution in [3.05, 3.63) is 0 Å². The van der Waals surface area contributed by atoms with Crippen LogP contribution in [-0.2, 0) is 0 Å². The van der Waals surface area contributed by atoms with Gasteiger partial charge in [0.05, 0.1) is 6.10 Å². The third-order valence-electron chi connectivity index (χ3n) is 6.05. The maximum atomic E-state index is 11.3. The van der Waals surface area contributed by atoms with Crippen LogP contribution in [0.15, 0.2) is 0 Å². The van der Waals surface area contributed by atoms with Crippen LogP contribution in [0.3, 0.4) is 0 Å². The zero-order valence-corrected chi connectivity index (χ0v) is 20.5. The van der Waals surface area contributed by atoms with Gasteiger partial charge >= 0.3 is 0 Å². The molecule has 0 saturated carbocycles. The van der Waals surface area contributed by atoms with Crippen molar-refractivity contribution in [3.8, 4) is 0 Å². The van der Waals surface area contributed by atoms with E-state index < -0.39 is 0 Å². The summed E-state index contributed by atoms with van der Waals surface area (Å²) in [6.45, 7) is 28.0. The van der Waals surface area contributed by atoms with Gasteiger partial charge in [0.15, 0.2) is 0 Å². The Morgan fingerprint density at radius 1 is 0.704 bits per heavy atom. The molecule has 0 bridgehead atoms. The van der Waals surface area contributed by atoms with Crippen molar-refractivity contribution in [1.29, 1.82) is 0 Å². The molecule has 27 heavy (non-hydrogen) atoms. The molecule has 0 aromatic rings. The van der Waals surface area contributed by atoms with E-state index in [-0.39, 0.29) is 40.3 Å². The van der Waals surface area contributed by atoms with Crippen molar-refractivity contribution in [2.45, 2.75) is 108 Å². The summed E-state index contributed by atoms with van der Waals surface area (Å²) in [5.74, 6) is 0.522. The lowest BCUT2D eigenvalue weighted by Crippen LogP contribution is -2.53. The molecule has 3 heteroatoms. The molecule has 0 saturated heterocycles. The Balaban J connectivity index is 5.75. The average Bonchev–Trinajstić information content (AvgIpc) is 2.40. The molecule has 0 amide bonds. The van der Waals surface area contributed by atoms with Crippen molar-refractivity contribution in [1.82, 2.24) is 5.32 Å². The van der Waals surface area contributed by atoms with Crippen molar-refractivity contribution >= 4 is 0 Å². The molecule has 0 aromatic carbocycles. The maximum Gasteiger partial charge on any atom is 0.0624 e. The first-order valence-corrected chi connectivity index (χ1v) is 10.9. The summed E-state index contributed by atoms with van der Waals surface area (Å²) in [6, 6.07) is 0.349. The average molecular weight is 386 g/mol. The molecule has 4 atom stereocenters. The van der Waals surface area contributed by atoms with E-state index >= 15 is 0 Å². The topological polar surface area (TPSA) is 52.5 Å². The van der Waals surface area contributed by atoms with Crippen LogP contribution in [0.5, 0.6) is 0 Å². The monoisotopic (exact) mass is 385 g/mol. The van der Waals surface area contributed by atoms with Gasteiger partial charge in [0.25, 0.3) is 0 Å². The standard InChI is InChI=1S/C24H51NO2/c1-21(2,3)17(16-25-18(14-13-15-26)22(4,5)6)19(23(7,8)9)20(27)24(10,11)12/h17-20,25-27H,13-16H2,1-12H3. The summed E-state index contributed by atoms with van der Waals surface area (Å²) in [7, 11) is 0. The number of hydrogen-bond acceptors (Lipinski definition) is 3. The number of nitrogens with one attached hydrogen (secondary N) is 1. The van der Waals surface area contributed by atoms with Gasteiger partial charge in [-0.2, -0.15) is 0 Å². The summed E-state index contributed by atoms with van der Waals surface area (Å²) >= 11 is 0. The number of aliphatic hydroxyl groups is 2. The Hall–Kier alpha value is -0.120. The molecule has 0 fully saturated rings. The van der Waals surface area contributed by atoms with Crippen LogP contribution in [0.2, 0.25) is 0 Å². The predicted molar refractivity (Wildman–Crippen MR) is 119 cm³/mol. The van der Waals surface area contributed by atoms with E-state index in [0.29, 0.717) is 12.0 Å². The van der Waals surface area contributed by atoms with E-state index in [4.69, 9.17) is 0 Å². The summed E-state index contributed by atoms with van der Waals surface area (Å²) in [6.07, 6.45) is 1.43. The van der Waals surface area contributed by atoms with E-state index in [9.17, 15) is 10.2 Å². The SMILES string of the molecule is CC(C)(C)C(CCCO)NCC(C(C(O)C(C)(C)C)C(C)(C)C)C(C)(C)C. The van der Waals surface area contributed by atoms with Crippen molar-refractivity contribution in [3.63, 3.8) is 0 Å². The Morgan fingerprint density at radius 2 is 1.19 bits per heavy atom. The molecule has 3 nitrogen and oxygen atoms in total. The lowest BCUT2D eigenvalue weighted by Gasteiger charge is -2.50. The first-order chi connectivity index (χ1) is 11.8. The first-order valence-electron chi connectivity index (χ1n) is 10.9. The highest BCUT2D eigenvalue weighted by atomic mass is 16.3. The molecular weight excluding hydrogens is 334 g/mol. The van der Waals surface area contributed by atoms with Gasteiger partial charge in [0.2, 0.25) is 0 Å². The lowest BCUT2D eigenvalue weighted by atomic mass is 9.58. The second kappa shape index (κ2) is 9.59. The molecule has 0 aromatic heterocycles. The van der Waals surface area contributed by atoms with E-state index in [2.05, 4.69) is 88.4 Å². The quantitative estimate of drug-likeness (QED) is 0.517. The van der Waals surface area contributed by atoms with Crippen LogP contribution in [0.4, 0.5) is 0 Å². The minimum absolute atomic E-state index is 0.00858. The van der Waals surface area contributed by atoms with E-state index in [0.717, 1.165) is 19.4 Å². The minimum Gasteiger partial charge on any atom is -0.396 e. The second-order valence-electron chi connectivity index (χ2n) is 12.9. The number of rotatable bonds is 8. The molecule has 164 valence electrons. The van der Waals surface area contributed by atoms with Crippen LogP contribution < -0.4 is 5.32 Å². The third kappa shape index (κ3) is 8.83. The molecule has 0 rings (SSSR count). The molecule has 0 heterocycles. The van der Waals surface area contributed by atoms with Crippen LogP contribution in [-0.4, -0.2) is 35.5 Å². The van der Waals surface area contributed by atoms with Crippen molar-refractivity contribution in [2.75, 3.05) is 13.2 Å². The fraction of sp³-hybridized carbons (Fsp3) is 1.00. The van der Waals surface area contributed by atoms with Crippen LogP contribution in [0.1, 0.15) is 95.9 Å². The number of aliphatic hydroxyl groups excluding tert-OH is 2. The highest BCUT2D eigenvalue weighted by Crippen LogP contribution is 2.46. The van der Waals surface area contributed by atoms with Crippen LogP contribution >= 0.6 is 0 Å². The normalized spacial score (nSPS) is 18.9. The number of hydrogen-bond donors (Lipinski definition) is 3. The summed E-state index contributed by atoms with van der Waals surface area (Å²) in [4.78, 5) is 0. The van der Waals surface area contributed by atoms with Gasteiger partial charge in [-0.15, -0.1) is 0 Å². The molecule has 0 aliphatic carbocycles. The van der Waals surface area contributed by atoms with Gasteiger partial charge in [-0.05, 0) is 52.9 Å². The van der Waals surface area contributed by atoms with E-state index in [1.54, 1.807) is 0 Å². The Labute approximate surface area is 170 Å². The Bertz CT molecular complexity index is 418. The van der Waals surface area contributed by atoms with Crippen LogP contribution in [0.25, 0.3) is 0 Å². The smallest absolute Gasteiger partial charge is 0.0624 e. The zero-order valence-electron chi connectivity index (χ0n) is 20.5. The van der Waals surface area contributed by atoms with Crippen LogP contribution in [0, 0.1) is 33.5 Å². The second-order valence-corrected chi connectivity index (χ2v) is 12.9. The highest BCUT2D eigenvalue weighted by Gasteiger charge is 2.46. The van der Waals surface area contributed by atoms with Gasteiger partial charge in [-0.3, -0.25) is 0 Å². The van der Waals surface area contributed by atoms with Gasteiger partial charge in [0.1, 0.15) is 0 Å². The molecule has 3 N–H and O–H groups in total. The predicted octanol–water partition coefficient (Wildman–Crippen LogP) is 5.49. The molecular formula is C24H51NO2. The molecule has 0 radical (unpaired) electrons. The van der Waals surface area contributed by atoms with E-state index in [1.165, 1.54) is 0 Å². The Morgan fingerprint density at radius 3 is 1.48 bits per heavy atom. The van der Waals surface area contributed by atoms with Gasteiger partial charge in [-0.25, -0.2) is 0 Å². The third-order valence-corrected chi connectivity index (χ3v) is 6.05. The van der Waals surface area contributed by atoms with Crippen molar-refractivity contribution in [2.24, 2.45) is 33.5 Å². The lowest BCUT2D eigenvalue weighted by molar-refractivity contribution is -0.0819.